The molecule has 2 aromatic rings. The second-order valence-electron chi connectivity index (χ2n) is 2.90. The number of hydrogen-bond donors (Lipinski definition) is 0. The van der Waals surface area contributed by atoms with Gasteiger partial charge >= 0.3 is 5.88 Å². The molecule has 0 N–H and O–H groups in total. The molecule has 0 aliphatic heterocycles. The lowest BCUT2D eigenvalue weighted by atomic mass is 10.5. The van der Waals surface area contributed by atoms with Gasteiger partial charge in [0.25, 0.3) is 0 Å². The van der Waals surface area contributed by atoms with Gasteiger partial charge in [0.1, 0.15) is 4.92 Å². The largest absolute Gasteiger partial charge is 0.433 e. The fourth-order valence-electron chi connectivity index (χ4n) is 1.07. The maximum absolute atomic E-state index is 11.5. The molecule has 0 amide bonds. The van der Waals surface area contributed by atoms with Crippen molar-refractivity contribution in [3.05, 3.63) is 22.2 Å². The first-order valence-electron chi connectivity index (χ1n) is 4.58. The third-order valence-corrected chi connectivity index (χ3v) is 4.38. The van der Waals surface area contributed by atoms with Gasteiger partial charge in [0.05, 0.1) is 16.9 Å². The minimum atomic E-state index is -1.18. The van der Waals surface area contributed by atoms with Crippen LogP contribution in [0.4, 0.5) is 5.88 Å². The van der Waals surface area contributed by atoms with Crippen molar-refractivity contribution in [1.29, 1.82) is 0 Å². The first kappa shape index (κ1) is 11.9. The molecule has 2 rings (SSSR count). The van der Waals surface area contributed by atoms with E-state index in [0.29, 0.717) is 15.1 Å². The van der Waals surface area contributed by atoms with Crippen LogP contribution in [0.15, 0.2) is 20.9 Å². The summed E-state index contributed by atoms with van der Waals surface area (Å²) in [4.78, 5) is 9.81. The van der Waals surface area contributed by atoms with Gasteiger partial charge in [-0.1, -0.05) is 18.3 Å². The summed E-state index contributed by atoms with van der Waals surface area (Å²) < 4.78 is 16.8. The second-order valence-corrected chi connectivity index (χ2v) is 5.79. The number of furan rings is 1. The van der Waals surface area contributed by atoms with Crippen LogP contribution < -0.4 is 0 Å². The van der Waals surface area contributed by atoms with E-state index in [1.807, 2.05) is 0 Å². The molecule has 0 bridgehead atoms. The smallest absolute Gasteiger partial charge is 0.398 e. The van der Waals surface area contributed by atoms with E-state index in [2.05, 4.69) is 10.2 Å². The molecular formula is C8H7N3O4S2. The topological polar surface area (TPSA) is 99.1 Å². The second kappa shape index (κ2) is 4.72. The Morgan fingerprint density at radius 1 is 1.53 bits per heavy atom. The van der Waals surface area contributed by atoms with Crippen molar-refractivity contribution in [1.82, 2.24) is 10.2 Å². The zero-order valence-electron chi connectivity index (χ0n) is 8.65. The molecule has 0 saturated carbocycles. The van der Waals surface area contributed by atoms with Crippen LogP contribution in [0.25, 0.3) is 10.8 Å². The van der Waals surface area contributed by atoms with Crippen LogP contribution in [0.3, 0.4) is 0 Å². The first-order chi connectivity index (χ1) is 8.11. The standard InChI is InChI=1S/C8H7N3O4S2/c1-2-17(14)8-10-9-7(16-8)5-3-4-6(15-5)11(12)13/h3-4H,2H2,1H3. The monoisotopic (exact) mass is 273 g/mol. The summed E-state index contributed by atoms with van der Waals surface area (Å²) in [5, 5.41) is 18.4. The molecule has 7 nitrogen and oxygen atoms in total. The lowest BCUT2D eigenvalue weighted by molar-refractivity contribution is -0.401. The Balaban J connectivity index is 2.30. The zero-order chi connectivity index (χ0) is 12.4. The highest BCUT2D eigenvalue weighted by Gasteiger charge is 2.17. The average molecular weight is 273 g/mol. The Morgan fingerprint density at radius 2 is 2.29 bits per heavy atom. The molecule has 0 aliphatic rings. The highest BCUT2D eigenvalue weighted by Crippen LogP contribution is 2.29. The molecule has 0 spiro atoms. The molecule has 1 unspecified atom stereocenters. The van der Waals surface area contributed by atoms with Crippen LogP contribution in [0.1, 0.15) is 6.92 Å². The van der Waals surface area contributed by atoms with E-state index < -0.39 is 15.7 Å². The van der Waals surface area contributed by atoms with E-state index in [-0.39, 0.29) is 11.6 Å². The quantitative estimate of drug-likeness (QED) is 0.622. The van der Waals surface area contributed by atoms with E-state index in [1.54, 1.807) is 6.92 Å². The van der Waals surface area contributed by atoms with Gasteiger partial charge in [-0.25, -0.2) is 0 Å². The molecule has 0 saturated heterocycles. The maximum Gasteiger partial charge on any atom is 0.433 e. The van der Waals surface area contributed by atoms with Crippen molar-refractivity contribution in [3.63, 3.8) is 0 Å². The molecule has 0 radical (unpaired) electrons. The molecule has 1 atom stereocenters. The number of hydrogen-bond acceptors (Lipinski definition) is 7. The summed E-state index contributed by atoms with van der Waals surface area (Å²) in [5.74, 6) is 0.356. The molecular weight excluding hydrogens is 266 g/mol. The lowest BCUT2D eigenvalue weighted by Gasteiger charge is -1.87. The van der Waals surface area contributed by atoms with Crippen LogP contribution in [-0.2, 0) is 10.8 Å². The third-order valence-electron chi connectivity index (χ3n) is 1.85. The van der Waals surface area contributed by atoms with Crippen molar-refractivity contribution >= 4 is 28.0 Å². The van der Waals surface area contributed by atoms with Gasteiger partial charge in [-0.15, -0.1) is 10.2 Å². The lowest BCUT2D eigenvalue weighted by Crippen LogP contribution is -1.92. The van der Waals surface area contributed by atoms with Crippen molar-refractivity contribution in [2.24, 2.45) is 0 Å². The summed E-state index contributed by atoms with van der Waals surface area (Å²) >= 11 is 1.10. The van der Waals surface area contributed by atoms with Gasteiger partial charge in [-0.2, -0.15) is 0 Å². The van der Waals surface area contributed by atoms with Crippen molar-refractivity contribution in [2.75, 3.05) is 5.75 Å². The third kappa shape index (κ3) is 2.39. The van der Waals surface area contributed by atoms with Gasteiger partial charge in [0.15, 0.2) is 10.8 Å². The van der Waals surface area contributed by atoms with E-state index in [0.717, 1.165) is 11.3 Å². The molecule has 2 aromatic heterocycles. The Hall–Kier alpha value is -1.61. The van der Waals surface area contributed by atoms with Crippen LogP contribution >= 0.6 is 11.3 Å². The Morgan fingerprint density at radius 3 is 2.88 bits per heavy atom. The molecule has 9 heteroatoms. The van der Waals surface area contributed by atoms with Gasteiger partial charge in [-0.3, -0.25) is 14.3 Å². The normalized spacial score (nSPS) is 12.5. The maximum atomic E-state index is 11.5. The van der Waals surface area contributed by atoms with Crippen molar-refractivity contribution in [3.8, 4) is 10.8 Å². The number of aromatic nitrogens is 2. The molecule has 0 aliphatic carbocycles. The van der Waals surface area contributed by atoms with Crippen LogP contribution in [0, 0.1) is 10.1 Å². The summed E-state index contributed by atoms with van der Waals surface area (Å²) in [7, 11) is -1.18. The van der Waals surface area contributed by atoms with Crippen molar-refractivity contribution < 1.29 is 13.5 Å². The fourth-order valence-corrected chi connectivity index (χ4v) is 2.95. The summed E-state index contributed by atoms with van der Waals surface area (Å²) in [5.41, 5.74) is 0. The zero-order valence-corrected chi connectivity index (χ0v) is 10.3. The predicted octanol–water partition coefficient (Wildman–Crippen LogP) is 1.83. The summed E-state index contributed by atoms with van der Waals surface area (Å²) in [6.45, 7) is 1.77. The summed E-state index contributed by atoms with van der Waals surface area (Å²) in [6.07, 6.45) is 0. The molecule has 2 heterocycles. The minimum absolute atomic E-state index is 0.258. The minimum Gasteiger partial charge on any atom is -0.398 e. The predicted molar refractivity (Wildman–Crippen MR) is 61.2 cm³/mol. The van der Waals surface area contributed by atoms with E-state index in [1.165, 1.54) is 12.1 Å². The highest BCUT2D eigenvalue weighted by atomic mass is 32.2. The number of nitrogens with zero attached hydrogens (tertiary/aromatic N) is 3. The highest BCUT2D eigenvalue weighted by molar-refractivity contribution is 7.87. The van der Waals surface area contributed by atoms with Gasteiger partial charge < -0.3 is 4.42 Å². The average Bonchev–Trinajstić information content (AvgIpc) is 2.95. The van der Waals surface area contributed by atoms with Crippen LogP contribution in [0.5, 0.6) is 0 Å². The van der Waals surface area contributed by atoms with E-state index >= 15 is 0 Å². The van der Waals surface area contributed by atoms with E-state index in [4.69, 9.17) is 4.42 Å². The van der Waals surface area contributed by atoms with Gasteiger partial charge in [0.2, 0.25) is 4.34 Å². The Bertz CT molecular complexity index is 577. The number of nitro groups is 1. The Kier molecular flexibility index (Phi) is 3.29. The molecule has 0 aromatic carbocycles. The van der Waals surface area contributed by atoms with Gasteiger partial charge in [-0.05, 0) is 6.07 Å². The summed E-state index contributed by atoms with van der Waals surface area (Å²) in [6, 6.07) is 2.69. The molecule has 0 fully saturated rings. The fraction of sp³-hybridized carbons (Fsp3) is 0.250. The van der Waals surface area contributed by atoms with Gasteiger partial charge in [0, 0.05) is 5.75 Å². The van der Waals surface area contributed by atoms with Crippen LogP contribution in [-0.4, -0.2) is 25.1 Å². The first-order valence-corrected chi connectivity index (χ1v) is 6.72. The SMILES string of the molecule is CCS(=O)c1nnc(-c2ccc([N+](=O)[O-])o2)s1. The molecule has 17 heavy (non-hydrogen) atoms. The van der Waals surface area contributed by atoms with E-state index in [9.17, 15) is 14.3 Å². The van der Waals surface area contributed by atoms with Crippen molar-refractivity contribution in [2.45, 2.75) is 11.3 Å². The Labute approximate surface area is 102 Å². The number of rotatable bonds is 4. The van der Waals surface area contributed by atoms with Crippen LogP contribution in [0.2, 0.25) is 0 Å². The molecule has 90 valence electrons.